The maximum atomic E-state index is 5.84. The molecule has 0 spiro atoms. The Hall–Kier alpha value is -1.54. The molecule has 0 saturated carbocycles. The van der Waals surface area contributed by atoms with E-state index in [2.05, 4.69) is 17.1 Å². The maximum absolute atomic E-state index is 5.84. The topological polar surface area (TPSA) is 22.1 Å². The van der Waals surface area contributed by atoms with Crippen molar-refractivity contribution in [2.75, 3.05) is 0 Å². The first-order chi connectivity index (χ1) is 8.81. The highest BCUT2D eigenvalue weighted by molar-refractivity contribution is 6.29. The molecule has 1 aliphatic rings. The molecule has 2 nitrogen and oxygen atoms in total. The third-order valence-electron chi connectivity index (χ3n) is 3.27. The number of pyridine rings is 1. The number of hydrogen-bond donors (Lipinski definition) is 0. The molecule has 0 radical (unpaired) electrons. The fourth-order valence-corrected chi connectivity index (χ4v) is 2.53. The molecule has 1 aromatic carbocycles. The smallest absolute Gasteiger partial charge is 0.129 e. The highest BCUT2D eigenvalue weighted by Gasteiger charge is 2.11. The van der Waals surface area contributed by atoms with E-state index in [9.17, 15) is 0 Å². The van der Waals surface area contributed by atoms with Gasteiger partial charge in [-0.1, -0.05) is 17.7 Å². The molecule has 3 rings (SSSR count). The van der Waals surface area contributed by atoms with E-state index < -0.39 is 0 Å². The van der Waals surface area contributed by atoms with Gasteiger partial charge in [0.15, 0.2) is 0 Å². The van der Waals surface area contributed by atoms with E-state index in [1.54, 1.807) is 6.20 Å². The van der Waals surface area contributed by atoms with Crippen molar-refractivity contribution in [3.63, 3.8) is 0 Å². The van der Waals surface area contributed by atoms with Crippen LogP contribution in [0.2, 0.25) is 5.15 Å². The number of benzene rings is 1. The minimum Gasteiger partial charge on any atom is -0.489 e. The molecular formula is C15H14ClNO. The van der Waals surface area contributed by atoms with Crippen molar-refractivity contribution in [1.29, 1.82) is 0 Å². The zero-order chi connectivity index (χ0) is 12.4. The van der Waals surface area contributed by atoms with E-state index in [-0.39, 0.29) is 0 Å². The summed E-state index contributed by atoms with van der Waals surface area (Å²) in [6, 6.07) is 10.1. The highest BCUT2D eigenvalue weighted by atomic mass is 35.5. The lowest BCUT2D eigenvalue weighted by Gasteiger charge is -2.08. The second-order valence-corrected chi connectivity index (χ2v) is 4.95. The molecule has 18 heavy (non-hydrogen) atoms. The number of fused-ring (bicyclic) bond motifs is 1. The number of hydrogen-bond acceptors (Lipinski definition) is 2. The molecule has 1 aliphatic carbocycles. The largest absolute Gasteiger partial charge is 0.489 e. The van der Waals surface area contributed by atoms with E-state index in [0.29, 0.717) is 11.8 Å². The van der Waals surface area contributed by atoms with Crippen LogP contribution in [0.15, 0.2) is 36.5 Å². The molecule has 0 bridgehead atoms. The molecule has 0 aliphatic heterocycles. The first kappa shape index (κ1) is 11.5. The summed E-state index contributed by atoms with van der Waals surface area (Å²) < 4.78 is 5.79. The van der Waals surface area contributed by atoms with Crippen molar-refractivity contribution in [2.45, 2.75) is 25.9 Å². The Balaban J connectivity index is 1.70. The third-order valence-corrected chi connectivity index (χ3v) is 3.47. The molecule has 3 heteroatoms. The molecule has 1 heterocycles. The summed E-state index contributed by atoms with van der Waals surface area (Å²) in [7, 11) is 0. The van der Waals surface area contributed by atoms with E-state index in [4.69, 9.17) is 16.3 Å². The Morgan fingerprint density at radius 2 is 2.00 bits per heavy atom. The monoisotopic (exact) mass is 259 g/mol. The molecule has 0 amide bonds. The van der Waals surface area contributed by atoms with Gasteiger partial charge >= 0.3 is 0 Å². The summed E-state index contributed by atoms with van der Waals surface area (Å²) in [6.45, 7) is 0.529. The Morgan fingerprint density at radius 3 is 2.89 bits per heavy atom. The quantitative estimate of drug-likeness (QED) is 0.782. The van der Waals surface area contributed by atoms with E-state index >= 15 is 0 Å². The van der Waals surface area contributed by atoms with E-state index in [1.807, 2.05) is 18.2 Å². The number of rotatable bonds is 3. The number of aryl methyl sites for hydroxylation is 2. The summed E-state index contributed by atoms with van der Waals surface area (Å²) in [4.78, 5) is 3.95. The van der Waals surface area contributed by atoms with Gasteiger partial charge in [-0.25, -0.2) is 4.98 Å². The Bertz CT molecular complexity index is 568. The number of ether oxygens (including phenoxy) is 1. The second-order valence-electron chi connectivity index (χ2n) is 4.56. The molecule has 0 fully saturated rings. The molecule has 2 aromatic rings. The van der Waals surface area contributed by atoms with Crippen LogP contribution in [0.1, 0.15) is 23.1 Å². The molecule has 92 valence electrons. The molecule has 0 saturated heterocycles. The maximum Gasteiger partial charge on any atom is 0.129 e. The zero-order valence-electron chi connectivity index (χ0n) is 10.0. The summed E-state index contributed by atoms with van der Waals surface area (Å²) >= 11 is 5.84. The summed E-state index contributed by atoms with van der Waals surface area (Å²) in [5.74, 6) is 0.934. The zero-order valence-corrected chi connectivity index (χ0v) is 10.8. The van der Waals surface area contributed by atoms with Crippen LogP contribution >= 0.6 is 11.6 Å². The molecular weight excluding hydrogens is 246 g/mol. The first-order valence-corrected chi connectivity index (χ1v) is 6.54. The molecule has 0 unspecified atom stereocenters. The van der Waals surface area contributed by atoms with Gasteiger partial charge in [0, 0.05) is 6.20 Å². The van der Waals surface area contributed by atoms with Crippen molar-refractivity contribution in [2.24, 2.45) is 0 Å². The summed E-state index contributed by atoms with van der Waals surface area (Å²) in [6.07, 6.45) is 5.34. The molecule has 0 N–H and O–H groups in total. The summed E-state index contributed by atoms with van der Waals surface area (Å²) in [5.41, 5.74) is 3.94. The van der Waals surface area contributed by atoms with Gasteiger partial charge in [0.25, 0.3) is 0 Å². The number of nitrogens with zero attached hydrogens (tertiary/aromatic N) is 1. The van der Waals surface area contributed by atoms with Gasteiger partial charge in [-0.15, -0.1) is 0 Å². The Morgan fingerprint density at radius 1 is 1.11 bits per heavy atom. The van der Waals surface area contributed by atoms with Gasteiger partial charge in [0.1, 0.15) is 17.5 Å². The van der Waals surface area contributed by atoms with Gasteiger partial charge in [-0.2, -0.15) is 0 Å². The van der Waals surface area contributed by atoms with Crippen molar-refractivity contribution in [3.05, 3.63) is 58.4 Å². The van der Waals surface area contributed by atoms with Crippen LogP contribution < -0.4 is 4.74 Å². The van der Waals surface area contributed by atoms with Crippen LogP contribution in [-0.4, -0.2) is 4.98 Å². The summed E-state index contributed by atoms with van der Waals surface area (Å²) in [5, 5.41) is 0.505. The van der Waals surface area contributed by atoms with Crippen LogP contribution in [0.25, 0.3) is 0 Å². The van der Waals surface area contributed by atoms with Crippen LogP contribution in [0, 0.1) is 0 Å². The van der Waals surface area contributed by atoms with Gasteiger partial charge in [0.2, 0.25) is 0 Å². The van der Waals surface area contributed by atoms with Gasteiger partial charge in [-0.3, -0.25) is 0 Å². The second kappa shape index (κ2) is 4.99. The first-order valence-electron chi connectivity index (χ1n) is 6.16. The minimum atomic E-state index is 0.505. The highest BCUT2D eigenvalue weighted by Crippen LogP contribution is 2.26. The van der Waals surface area contributed by atoms with Crippen LogP contribution in [0.4, 0.5) is 0 Å². The third kappa shape index (κ3) is 2.49. The predicted octanol–water partition coefficient (Wildman–Crippen LogP) is 3.80. The number of halogens is 1. The lowest BCUT2D eigenvalue weighted by molar-refractivity contribution is 0.306. The van der Waals surface area contributed by atoms with E-state index in [1.165, 1.54) is 30.4 Å². The average molecular weight is 260 g/mol. The standard InChI is InChI=1S/C15H14ClNO/c16-15-8-11(6-7-17-15)10-18-14-5-4-12-2-1-3-13(12)9-14/h4-9H,1-3,10H2. The fraction of sp³-hybridized carbons (Fsp3) is 0.267. The Kier molecular flexibility index (Phi) is 3.20. The van der Waals surface area contributed by atoms with Gasteiger partial charge in [-0.05, 0) is 60.2 Å². The van der Waals surface area contributed by atoms with Crippen molar-refractivity contribution in [3.8, 4) is 5.75 Å². The lowest BCUT2D eigenvalue weighted by atomic mass is 10.1. The van der Waals surface area contributed by atoms with Gasteiger partial charge < -0.3 is 4.74 Å². The van der Waals surface area contributed by atoms with Gasteiger partial charge in [0.05, 0.1) is 0 Å². The van der Waals surface area contributed by atoms with Crippen LogP contribution in [0.3, 0.4) is 0 Å². The van der Waals surface area contributed by atoms with Crippen molar-refractivity contribution in [1.82, 2.24) is 4.98 Å². The normalized spacial score (nSPS) is 13.4. The predicted molar refractivity (Wildman–Crippen MR) is 72.0 cm³/mol. The fourth-order valence-electron chi connectivity index (χ4n) is 2.34. The van der Waals surface area contributed by atoms with Crippen molar-refractivity contribution < 1.29 is 4.74 Å². The van der Waals surface area contributed by atoms with Crippen LogP contribution in [0.5, 0.6) is 5.75 Å². The Labute approximate surface area is 112 Å². The minimum absolute atomic E-state index is 0.505. The van der Waals surface area contributed by atoms with E-state index in [0.717, 1.165) is 11.3 Å². The van der Waals surface area contributed by atoms with Crippen LogP contribution in [-0.2, 0) is 19.4 Å². The molecule has 0 atom stereocenters. The number of aromatic nitrogens is 1. The SMILES string of the molecule is Clc1cc(COc2ccc3c(c2)CCC3)ccn1. The van der Waals surface area contributed by atoms with Crippen molar-refractivity contribution >= 4 is 11.6 Å². The average Bonchev–Trinajstić information content (AvgIpc) is 2.84. The molecule has 1 aromatic heterocycles. The lowest BCUT2D eigenvalue weighted by Crippen LogP contribution is -1.96.